The van der Waals surface area contributed by atoms with Crippen molar-refractivity contribution in [1.82, 2.24) is 4.90 Å². The van der Waals surface area contributed by atoms with E-state index in [1.807, 2.05) is 18.2 Å². The Morgan fingerprint density at radius 1 is 1.04 bits per heavy atom. The van der Waals surface area contributed by atoms with Gasteiger partial charge in [0.25, 0.3) is 5.91 Å². The Bertz CT molecular complexity index is 910. The van der Waals surface area contributed by atoms with Crippen molar-refractivity contribution < 1.29 is 4.79 Å². The first kappa shape index (κ1) is 18.8. The molecule has 0 bridgehead atoms. The van der Waals surface area contributed by atoms with Gasteiger partial charge in [-0.3, -0.25) is 9.69 Å². The standard InChI is InChI=1S/C23H25N3OS/c1-3-17-6-10-19(11-7-17)24-23-25(2)22(27)21(28-23)16-18-8-12-20(13-9-18)26-14-4-5-15-26/h6-13,16H,3-5,14-15H2,1-2H3/b21-16+,24-23?. The molecule has 2 aromatic rings. The Labute approximate surface area is 171 Å². The Morgan fingerprint density at radius 2 is 1.71 bits per heavy atom. The summed E-state index contributed by atoms with van der Waals surface area (Å²) in [7, 11) is 1.78. The molecule has 0 aliphatic carbocycles. The van der Waals surface area contributed by atoms with Crippen LogP contribution >= 0.6 is 11.8 Å². The van der Waals surface area contributed by atoms with Gasteiger partial charge in [0, 0.05) is 25.8 Å². The molecule has 2 aromatic carbocycles. The quantitative estimate of drug-likeness (QED) is 0.682. The van der Waals surface area contributed by atoms with E-state index in [2.05, 4.69) is 53.2 Å². The third kappa shape index (κ3) is 3.99. The molecule has 0 radical (unpaired) electrons. The summed E-state index contributed by atoms with van der Waals surface area (Å²) in [4.78, 5) is 22.0. The predicted octanol–water partition coefficient (Wildman–Crippen LogP) is 5.08. The highest BCUT2D eigenvalue weighted by Crippen LogP contribution is 2.33. The second-order valence-electron chi connectivity index (χ2n) is 7.17. The number of carbonyl (C=O) groups is 1. The van der Waals surface area contributed by atoms with E-state index in [0.717, 1.165) is 30.8 Å². The zero-order chi connectivity index (χ0) is 19.5. The lowest BCUT2D eigenvalue weighted by atomic mass is 10.1. The molecule has 2 heterocycles. The van der Waals surface area contributed by atoms with Crippen molar-refractivity contribution in [3.8, 4) is 0 Å². The largest absolute Gasteiger partial charge is 0.372 e. The van der Waals surface area contributed by atoms with E-state index in [1.54, 1.807) is 11.9 Å². The number of likely N-dealkylation sites (N-methyl/N-ethyl adjacent to an activating group) is 1. The third-order valence-corrected chi connectivity index (χ3v) is 6.30. The molecule has 0 atom stereocenters. The van der Waals surface area contributed by atoms with Crippen LogP contribution in [-0.4, -0.2) is 36.1 Å². The van der Waals surface area contributed by atoms with Crippen molar-refractivity contribution in [1.29, 1.82) is 0 Å². The highest BCUT2D eigenvalue weighted by Gasteiger charge is 2.30. The van der Waals surface area contributed by atoms with Gasteiger partial charge < -0.3 is 4.90 Å². The van der Waals surface area contributed by atoms with Crippen molar-refractivity contribution in [3.63, 3.8) is 0 Å². The zero-order valence-corrected chi connectivity index (χ0v) is 17.2. The van der Waals surface area contributed by atoms with E-state index in [1.165, 1.54) is 35.9 Å². The number of thioether (sulfide) groups is 1. The topological polar surface area (TPSA) is 35.9 Å². The number of nitrogens with zero attached hydrogens (tertiary/aromatic N) is 3. The summed E-state index contributed by atoms with van der Waals surface area (Å²) in [5.41, 5.74) is 4.46. The van der Waals surface area contributed by atoms with Gasteiger partial charge in [0.15, 0.2) is 5.17 Å². The van der Waals surface area contributed by atoms with Crippen LogP contribution < -0.4 is 4.90 Å². The maximum Gasteiger partial charge on any atom is 0.266 e. The fraction of sp³-hybridized carbons (Fsp3) is 0.304. The van der Waals surface area contributed by atoms with Crippen LogP contribution in [0.1, 0.15) is 30.9 Å². The lowest BCUT2D eigenvalue weighted by molar-refractivity contribution is -0.121. The Hall–Kier alpha value is -2.53. The lowest BCUT2D eigenvalue weighted by Crippen LogP contribution is -2.23. The Kier molecular flexibility index (Phi) is 5.53. The van der Waals surface area contributed by atoms with Gasteiger partial charge in [-0.15, -0.1) is 0 Å². The monoisotopic (exact) mass is 391 g/mol. The normalized spacial score (nSPS) is 20.0. The molecular formula is C23H25N3OS. The van der Waals surface area contributed by atoms with Crippen LogP contribution in [0.5, 0.6) is 0 Å². The van der Waals surface area contributed by atoms with Crippen LogP contribution in [-0.2, 0) is 11.2 Å². The molecule has 1 amide bonds. The molecule has 5 heteroatoms. The van der Waals surface area contributed by atoms with E-state index in [9.17, 15) is 4.79 Å². The summed E-state index contributed by atoms with van der Waals surface area (Å²) in [6, 6.07) is 16.7. The highest BCUT2D eigenvalue weighted by molar-refractivity contribution is 8.18. The number of benzene rings is 2. The van der Waals surface area contributed by atoms with Gasteiger partial charge in [0.1, 0.15) is 0 Å². The van der Waals surface area contributed by atoms with Crippen LogP contribution in [0.4, 0.5) is 11.4 Å². The zero-order valence-electron chi connectivity index (χ0n) is 16.4. The first-order chi connectivity index (χ1) is 13.6. The molecule has 0 N–H and O–H groups in total. The predicted molar refractivity (Wildman–Crippen MR) is 119 cm³/mol. The minimum absolute atomic E-state index is 0.00227. The van der Waals surface area contributed by atoms with Crippen molar-refractivity contribution in [2.45, 2.75) is 26.2 Å². The molecular weight excluding hydrogens is 366 g/mol. The molecule has 0 unspecified atom stereocenters. The molecule has 2 saturated heterocycles. The van der Waals surface area contributed by atoms with Crippen molar-refractivity contribution in [2.75, 3.05) is 25.0 Å². The second-order valence-corrected chi connectivity index (χ2v) is 8.18. The highest BCUT2D eigenvalue weighted by atomic mass is 32.2. The van der Waals surface area contributed by atoms with Crippen molar-refractivity contribution >= 4 is 40.3 Å². The van der Waals surface area contributed by atoms with Crippen molar-refractivity contribution in [2.24, 2.45) is 4.99 Å². The van der Waals surface area contributed by atoms with Crippen LogP contribution in [0.15, 0.2) is 58.4 Å². The number of aliphatic imine (C=N–C) groups is 1. The number of amides is 1. The first-order valence-electron chi connectivity index (χ1n) is 9.84. The molecule has 2 aliphatic heterocycles. The van der Waals surface area contributed by atoms with Gasteiger partial charge >= 0.3 is 0 Å². The SMILES string of the molecule is CCc1ccc(N=C2S/C(=C/c3ccc(N4CCCC4)cc3)C(=O)N2C)cc1. The number of hydrogen-bond acceptors (Lipinski definition) is 4. The van der Waals surface area contributed by atoms with Gasteiger partial charge in [0.2, 0.25) is 0 Å². The molecule has 4 rings (SSSR count). The van der Waals surface area contributed by atoms with Crippen LogP contribution in [0.2, 0.25) is 0 Å². The fourth-order valence-corrected chi connectivity index (χ4v) is 4.46. The summed E-state index contributed by atoms with van der Waals surface area (Å²) < 4.78 is 0. The molecule has 2 aliphatic rings. The summed E-state index contributed by atoms with van der Waals surface area (Å²) in [5, 5.41) is 0.717. The molecule has 144 valence electrons. The third-order valence-electron chi connectivity index (χ3n) is 5.23. The molecule has 0 spiro atoms. The Balaban J connectivity index is 1.51. The fourth-order valence-electron chi connectivity index (χ4n) is 3.48. The number of carbonyl (C=O) groups excluding carboxylic acids is 1. The second kappa shape index (κ2) is 8.23. The van der Waals surface area contributed by atoms with Gasteiger partial charge in [-0.2, -0.15) is 0 Å². The molecule has 2 fully saturated rings. The summed E-state index contributed by atoms with van der Waals surface area (Å²) in [5.74, 6) is -0.00227. The average Bonchev–Trinajstić information content (AvgIpc) is 3.35. The van der Waals surface area contributed by atoms with Gasteiger partial charge in [-0.1, -0.05) is 31.2 Å². The molecule has 0 aromatic heterocycles. The van der Waals surface area contributed by atoms with Crippen molar-refractivity contribution in [3.05, 3.63) is 64.6 Å². The Morgan fingerprint density at radius 3 is 2.36 bits per heavy atom. The average molecular weight is 392 g/mol. The van der Waals surface area contributed by atoms with Crippen LogP contribution in [0.3, 0.4) is 0 Å². The summed E-state index contributed by atoms with van der Waals surface area (Å²) in [6.45, 7) is 4.41. The number of aryl methyl sites for hydroxylation is 1. The minimum Gasteiger partial charge on any atom is -0.372 e. The van der Waals surface area contributed by atoms with E-state index in [-0.39, 0.29) is 5.91 Å². The molecule has 28 heavy (non-hydrogen) atoms. The van der Waals surface area contributed by atoms with Gasteiger partial charge in [-0.05, 0) is 72.5 Å². The number of hydrogen-bond donors (Lipinski definition) is 0. The van der Waals surface area contributed by atoms with Crippen LogP contribution in [0.25, 0.3) is 6.08 Å². The number of rotatable bonds is 4. The minimum atomic E-state index is -0.00227. The lowest BCUT2D eigenvalue weighted by Gasteiger charge is -2.17. The maximum atomic E-state index is 12.6. The van der Waals surface area contributed by atoms with E-state index in [4.69, 9.17) is 0 Å². The van der Waals surface area contributed by atoms with Gasteiger partial charge in [0.05, 0.1) is 10.6 Å². The smallest absolute Gasteiger partial charge is 0.266 e. The van der Waals surface area contributed by atoms with E-state index in [0.29, 0.717) is 10.1 Å². The van der Waals surface area contributed by atoms with Crippen LogP contribution in [0, 0.1) is 0 Å². The molecule has 4 nitrogen and oxygen atoms in total. The number of anilines is 1. The molecule has 0 saturated carbocycles. The summed E-state index contributed by atoms with van der Waals surface area (Å²) in [6.07, 6.45) is 5.51. The maximum absolute atomic E-state index is 12.6. The number of amidine groups is 1. The van der Waals surface area contributed by atoms with E-state index >= 15 is 0 Å². The first-order valence-corrected chi connectivity index (χ1v) is 10.7. The van der Waals surface area contributed by atoms with E-state index < -0.39 is 0 Å². The van der Waals surface area contributed by atoms with Gasteiger partial charge in [-0.25, -0.2) is 4.99 Å². The summed E-state index contributed by atoms with van der Waals surface area (Å²) >= 11 is 1.43.